The lowest BCUT2D eigenvalue weighted by atomic mass is 10.1. The van der Waals surface area contributed by atoms with Crippen LogP contribution in [0.5, 0.6) is 0 Å². The van der Waals surface area contributed by atoms with E-state index in [0.717, 1.165) is 0 Å². The summed E-state index contributed by atoms with van der Waals surface area (Å²) in [5.41, 5.74) is 0.673. The Bertz CT molecular complexity index is 398. The van der Waals surface area contributed by atoms with Gasteiger partial charge in [0.15, 0.2) is 0 Å². The second kappa shape index (κ2) is 6.71. The van der Waals surface area contributed by atoms with E-state index in [1.54, 1.807) is 13.0 Å². The van der Waals surface area contributed by atoms with E-state index in [1.807, 2.05) is 6.92 Å². The molecule has 0 saturated carbocycles. The van der Waals surface area contributed by atoms with Gasteiger partial charge >= 0.3 is 5.97 Å². The van der Waals surface area contributed by atoms with Crippen LogP contribution < -0.4 is 5.32 Å². The molecule has 1 N–H and O–H groups in total. The first kappa shape index (κ1) is 14.1. The first-order chi connectivity index (χ1) is 8.10. The average Bonchev–Trinajstić information content (AvgIpc) is 2.27. The Morgan fingerprint density at radius 1 is 1.53 bits per heavy atom. The molecule has 0 aliphatic rings. The number of halogens is 2. The largest absolute Gasteiger partial charge is 0.465 e. The van der Waals surface area contributed by atoms with Crippen molar-refractivity contribution < 1.29 is 13.9 Å². The van der Waals surface area contributed by atoms with Crippen molar-refractivity contribution in [2.75, 3.05) is 13.2 Å². The first-order valence-corrected chi connectivity index (χ1v) is 6.24. The van der Waals surface area contributed by atoms with Crippen molar-refractivity contribution in [3.63, 3.8) is 0 Å². The topological polar surface area (TPSA) is 38.3 Å². The summed E-state index contributed by atoms with van der Waals surface area (Å²) in [5, 5.41) is 3.02. The van der Waals surface area contributed by atoms with E-state index in [1.165, 1.54) is 12.1 Å². The molecule has 0 saturated heterocycles. The van der Waals surface area contributed by atoms with Crippen LogP contribution in [0.1, 0.15) is 25.5 Å². The number of carbonyl (C=O) groups is 1. The van der Waals surface area contributed by atoms with Crippen LogP contribution >= 0.6 is 15.9 Å². The van der Waals surface area contributed by atoms with Gasteiger partial charge in [0.25, 0.3) is 0 Å². The summed E-state index contributed by atoms with van der Waals surface area (Å²) in [5.74, 6) is -0.707. The monoisotopic (exact) mass is 303 g/mol. The highest BCUT2D eigenvalue weighted by atomic mass is 79.9. The van der Waals surface area contributed by atoms with Gasteiger partial charge in [0.2, 0.25) is 0 Å². The van der Waals surface area contributed by atoms with Gasteiger partial charge in [0.05, 0.1) is 6.61 Å². The van der Waals surface area contributed by atoms with Gasteiger partial charge in [0, 0.05) is 4.47 Å². The normalized spacial score (nSPS) is 12.2. The molecule has 3 nitrogen and oxygen atoms in total. The predicted octanol–water partition coefficient (Wildman–Crippen LogP) is 2.80. The molecule has 0 fully saturated rings. The first-order valence-electron chi connectivity index (χ1n) is 5.45. The average molecular weight is 304 g/mol. The molecule has 0 aliphatic carbocycles. The van der Waals surface area contributed by atoms with E-state index in [9.17, 15) is 9.18 Å². The Morgan fingerprint density at radius 2 is 2.24 bits per heavy atom. The molecule has 0 spiro atoms. The summed E-state index contributed by atoms with van der Waals surface area (Å²) in [6.45, 7) is 4.58. The number of benzene rings is 1. The zero-order valence-corrected chi connectivity index (χ0v) is 11.4. The van der Waals surface area contributed by atoms with Gasteiger partial charge in [-0.15, -0.1) is 0 Å². The molecule has 1 atom stereocenters. The van der Waals surface area contributed by atoms with Gasteiger partial charge in [-0.05, 0) is 31.2 Å². The molecule has 0 amide bonds. The maximum Gasteiger partial charge on any atom is 0.327 e. The molecule has 5 heteroatoms. The minimum absolute atomic E-state index is 0.319. The molecule has 0 bridgehead atoms. The molecule has 1 rings (SSSR count). The Hall–Kier alpha value is -0.940. The van der Waals surface area contributed by atoms with E-state index >= 15 is 0 Å². The molecule has 0 heterocycles. The van der Waals surface area contributed by atoms with Gasteiger partial charge < -0.3 is 10.1 Å². The molecule has 0 aliphatic heterocycles. The minimum atomic E-state index is -0.574. The van der Waals surface area contributed by atoms with Gasteiger partial charge in [0.1, 0.15) is 11.9 Å². The maximum atomic E-state index is 13.0. The highest BCUT2D eigenvalue weighted by Crippen LogP contribution is 2.25. The fourth-order valence-corrected chi connectivity index (χ4v) is 2.07. The Labute approximate surface area is 108 Å². The van der Waals surface area contributed by atoms with Crippen molar-refractivity contribution in [3.8, 4) is 0 Å². The summed E-state index contributed by atoms with van der Waals surface area (Å²) in [4.78, 5) is 11.8. The molecule has 1 aromatic carbocycles. The van der Waals surface area contributed by atoms with Crippen LogP contribution in [-0.2, 0) is 9.53 Å². The van der Waals surface area contributed by atoms with Gasteiger partial charge in [-0.1, -0.05) is 28.9 Å². The zero-order chi connectivity index (χ0) is 12.8. The van der Waals surface area contributed by atoms with Crippen LogP contribution in [-0.4, -0.2) is 19.1 Å². The van der Waals surface area contributed by atoms with E-state index in [0.29, 0.717) is 23.2 Å². The number of hydrogen-bond acceptors (Lipinski definition) is 3. The Kier molecular flexibility index (Phi) is 5.58. The number of hydrogen-bond donors (Lipinski definition) is 1. The second-order valence-corrected chi connectivity index (χ2v) is 4.26. The third kappa shape index (κ3) is 3.78. The lowest BCUT2D eigenvalue weighted by Gasteiger charge is -2.17. The number of ether oxygens (including phenoxy) is 1. The van der Waals surface area contributed by atoms with E-state index in [-0.39, 0.29) is 11.8 Å². The molecule has 17 heavy (non-hydrogen) atoms. The lowest BCUT2D eigenvalue weighted by molar-refractivity contribution is -0.145. The highest BCUT2D eigenvalue weighted by molar-refractivity contribution is 9.10. The van der Waals surface area contributed by atoms with Crippen molar-refractivity contribution in [1.82, 2.24) is 5.32 Å². The van der Waals surface area contributed by atoms with Crippen LogP contribution in [0.15, 0.2) is 22.7 Å². The number of carbonyl (C=O) groups excluding carboxylic acids is 1. The fourth-order valence-electron chi connectivity index (χ4n) is 1.49. The van der Waals surface area contributed by atoms with Crippen LogP contribution in [0.2, 0.25) is 0 Å². The summed E-state index contributed by atoms with van der Waals surface area (Å²) in [6, 6.07) is 3.65. The van der Waals surface area contributed by atoms with E-state index in [2.05, 4.69) is 21.2 Å². The van der Waals surface area contributed by atoms with Gasteiger partial charge in [-0.25, -0.2) is 9.18 Å². The zero-order valence-electron chi connectivity index (χ0n) is 9.80. The molecule has 1 aromatic rings. The molecule has 94 valence electrons. The predicted molar refractivity (Wildman–Crippen MR) is 67.2 cm³/mol. The number of rotatable bonds is 5. The van der Waals surface area contributed by atoms with Crippen LogP contribution in [0, 0.1) is 5.82 Å². The summed E-state index contributed by atoms with van der Waals surface area (Å²) < 4.78 is 18.5. The smallest absolute Gasteiger partial charge is 0.327 e. The Morgan fingerprint density at radius 3 is 2.76 bits per heavy atom. The third-order valence-electron chi connectivity index (χ3n) is 2.20. The van der Waals surface area contributed by atoms with E-state index < -0.39 is 6.04 Å². The van der Waals surface area contributed by atoms with Crippen LogP contribution in [0.25, 0.3) is 0 Å². The summed E-state index contributed by atoms with van der Waals surface area (Å²) in [6.07, 6.45) is 0. The van der Waals surface area contributed by atoms with Crippen LogP contribution in [0.4, 0.5) is 4.39 Å². The molecule has 1 unspecified atom stereocenters. The Balaban J connectivity index is 3.00. The molecule has 0 aromatic heterocycles. The summed E-state index contributed by atoms with van der Waals surface area (Å²) >= 11 is 3.25. The van der Waals surface area contributed by atoms with Crippen LogP contribution in [0.3, 0.4) is 0 Å². The SMILES string of the molecule is CCNC(C(=O)OCC)c1ccc(F)cc1Br. The quantitative estimate of drug-likeness (QED) is 0.850. The van der Waals surface area contributed by atoms with Crippen molar-refractivity contribution >= 4 is 21.9 Å². The van der Waals surface area contributed by atoms with Gasteiger partial charge in [-0.2, -0.15) is 0 Å². The van der Waals surface area contributed by atoms with Crippen molar-refractivity contribution in [2.45, 2.75) is 19.9 Å². The van der Waals surface area contributed by atoms with Crippen molar-refractivity contribution in [1.29, 1.82) is 0 Å². The lowest BCUT2D eigenvalue weighted by Crippen LogP contribution is -2.30. The standard InChI is InChI=1S/C12H15BrFNO2/c1-3-15-11(12(16)17-4-2)9-6-5-8(14)7-10(9)13/h5-7,11,15H,3-4H2,1-2H3. The summed E-state index contributed by atoms with van der Waals surface area (Å²) in [7, 11) is 0. The third-order valence-corrected chi connectivity index (χ3v) is 2.89. The fraction of sp³-hybridized carbons (Fsp3) is 0.417. The second-order valence-electron chi connectivity index (χ2n) is 3.41. The minimum Gasteiger partial charge on any atom is -0.465 e. The maximum absolute atomic E-state index is 13.0. The number of esters is 1. The molecular weight excluding hydrogens is 289 g/mol. The molecular formula is C12H15BrFNO2. The van der Waals surface area contributed by atoms with Crippen molar-refractivity contribution in [3.05, 3.63) is 34.1 Å². The number of nitrogens with one attached hydrogen (secondary N) is 1. The molecule has 0 radical (unpaired) electrons. The highest BCUT2D eigenvalue weighted by Gasteiger charge is 2.23. The van der Waals surface area contributed by atoms with Gasteiger partial charge in [-0.3, -0.25) is 0 Å². The number of likely N-dealkylation sites (N-methyl/N-ethyl adjacent to an activating group) is 1. The van der Waals surface area contributed by atoms with E-state index in [4.69, 9.17) is 4.74 Å². The van der Waals surface area contributed by atoms with Crippen molar-refractivity contribution in [2.24, 2.45) is 0 Å².